The molecule has 0 bridgehead atoms. The summed E-state index contributed by atoms with van der Waals surface area (Å²) in [5.41, 5.74) is -1.01. The lowest BCUT2D eigenvalue weighted by Crippen LogP contribution is -2.61. The van der Waals surface area contributed by atoms with E-state index in [2.05, 4.69) is 4.72 Å². The molecular weight excluding hydrogens is 484 g/mol. The van der Waals surface area contributed by atoms with E-state index in [4.69, 9.17) is 14.2 Å². The first-order valence-electron chi connectivity index (χ1n) is 11.7. The summed E-state index contributed by atoms with van der Waals surface area (Å²) in [4.78, 5) is 26.8. The number of benzene rings is 2. The molecule has 196 valence electrons. The summed E-state index contributed by atoms with van der Waals surface area (Å²) in [5, 5.41) is 0. The molecule has 2 unspecified atom stereocenters. The van der Waals surface area contributed by atoms with Crippen LogP contribution in [0.25, 0.3) is 0 Å². The predicted molar refractivity (Wildman–Crippen MR) is 134 cm³/mol. The second kappa shape index (κ2) is 10.9. The third-order valence-corrected chi connectivity index (χ3v) is 7.45. The maximum Gasteiger partial charge on any atom is 0.410 e. The Kier molecular flexibility index (Phi) is 8.30. The third kappa shape index (κ3) is 6.76. The van der Waals surface area contributed by atoms with E-state index in [1.165, 1.54) is 24.1 Å². The second-order valence-corrected chi connectivity index (χ2v) is 11.7. The van der Waals surface area contributed by atoms with Crippen molar-refractivity contribution >= 4 is 22.1 Å². The fraction of sp³-hybridized carbons (Fsp3) is 0.462. The van der Waals surface area contributed by atoms with Gasteiger partial charge < -0.3 is 19.1 Å². The van der Waals surface area contributed by atoms with E-state index in [0.717, 1.165) is 5.56 Å². The summed E-state index contributed by atoms with van der Waals surface area (Å²) < 4.78 is 45.2. The van der Waals surface area contributed by atoms with Gasteiger partial charge in [0, 0.05) is 19.1 Å². The van der Waals surface area contributed by atoms with Crippen LogP contribution in [0.15, 0.2) is 59.5 Å². The molecule has 1 heterocycles. The molecule has 0 spiro atoms. The Hall–Kier alpha value is -3.11. The van der Waals surface area contributed by atoms with Crippen LogP contribution in [0.2, 0.25) is 0 Å². The normalized spacial score (nSPS) is 20.5. The number of nitrogens with zero attached hydrogens (tertiary/aromatic N) is 1. The number of nitrogens with one attached hydrogen (secondary N) is 1. The molecule has 0 aliphatic carbocycles. The lowest BCUT2D eigenvalue weighted by Gasteiger charge is -2.44. The van der Waals surface area contributed by atoms with Gasteiger partial charge in [-0.05, 0) is 63.9 Å². The number of piperidine rings is 1. The van der Waals surface area contributed by atoms with Crippen molar-refractivity contribution in [1.82, 2.24) is 9.62 Å². The molecule has 0 radical (unpaired) electrons. The van der Waals surface area contributed by atoms with Crippen molar-refractivity contribution in [2.75, 3.05) is 20.2 Å². The number of esters is 1. The Morgan fingerprint density at radius 1 is 1.08 bits per heavy atom. The van der Waals surface area contributed by atoms with Crippen molar-refractivity contribution < 1.29 is 32.2 Å². The highest BCUT2D eigenvalue weighted by Crippen LogP contribution is 2.33. The van der Waals surface area contributed by atoms with Gasteiger partial charge in [-0.15, -0.1) is 0 Å². The molecule has 0 aromatic heterocycles. The van der Waals surface area contributed by atoms with Gasteiger partial charge in [-0.1, -0.05) is 30.3 Å². The smallest absolute Gasteiger partial charge is 0.410 e. The highest BCUT2D eigenvalue weighted by Gasteiger charge is 2.49. The summed E-state index contributed by atoms with van der Waals surface area (Å²) in [6, 6.07) is 14.9. The Bertz CT molecular complexity index is 1160. The molecule has 2 aromatic carbocycles. The van der Waals surface area contributed by atoms with Crippen LogP contribution in [0.5, 0.6) is 5.75 Å². The van der Waals surface area contributed by atoms with E-state index in [9.17, 15) is 18.0 Å². The number of methoxy groups -OCH3 is 1. The maximum absolute atomic E-state index is 13.2. The van der Waals surface area contributed by atoms with Gasteiger partial charge in [0.2, 0.25) is 10.0 Å². The van der Waals surface area contributed by atoms with Crippen molar-refractivity contribution in [2.45, 2.75) is 57.3 Å². The number of hydrogen-bond acceptors (Lipinski definition) is 7. The Morgan fingerprint density at radius 3 is 2.31 bits per heavy atom. The molecule has 0 saturated carbocycles. The van der Waals surface area contributed by atoms with Gasteiger partial charge in [-0.3, -0.25) is 4.79 Å². The summed E-state index contributed by atoms with van der Waals surface area (Å²) >= 11 is 0. The van der Waals surface area contributed by atoms with Crippen molar-refractivity contribution in [3.63, 3.8) is 0 Å². The summed E-state index contributed by atoms with van der Waals surface area (Å²) in [6.07, 6.45) is -0.354. The molecule has 36 heavy (non-hydrogen) atoms. The van der Waals surface area contributed by atoms with E-state index in [1.807, 2.05) is 30.3 Å². The maximum atomic E-state index is 13.2. The van der Waals surface area contributed by atoms with Gasteiger partial charge in [0.05, 0.1) is 17.4 Å². The zero-order valence-corrected chi connectivity index (χ0v) is 22.1. The van der Waals surface area contributed by atoms with Crippen LogP contribution >= 0.6 is 0 Å². The molecule has 3 rings (SSSR count). The van der Waals surface area contributed by atoms with Gasteiger partial charge in [0.1, 0.15) is 18.0 Å². The summed E-state index contributed by atoms with van der Waals surface area (Å²) in [6.45, 7) is 7.38. The van der Waals surface area contributed by atoms with Gasteiger partial charge >= 0.3 is 12.1 Å². The SMILES string of the molecule is COC(=O)C1(C)CN(C(=O)OC(C)(C)C)CCC1NS(=O)(=O)c1ccc(OCc2ccccc2)cc1. The van der Waals surface area contributed by atoms with E-state index in [1.54, 1.807) is 39.8 Å². The Balaban J connectivity index is 1.72. The molecule has 2 atom stereocenters. The molecule has 1 N–H and O–H groups in total. The average molecular weight is 519 g/mol. The van der Waals surface area contributed by atoms with E-state index >= 15 is 0 Å². The minimum absolute atomic E-state index is 0.0383. The quantitative estimate of drug-likeness (QED) is 0.556. The first-order chi connectivity index (χ1) is 16.8. The summed E-state index contributed by atoms with van der Waals surface area (Å²) in [5.74, 6) is -0.0870. The Labute approximate surface area is 212 Å². The van der Waals surface area contributed by atoms with Gasteiger partial charge in [-0.2, -0.15) is 0 Å². The molecule has 1 aliphatic rings. The molecule has 1 aliphatic heterocycles. The van der Waals surface area contributed by atoms with Crippen LogP contribution in [-0.2, 0) is 30.9 Å². The summed E-state index contributed by atoms with van der Waals surface area (Å²) in [7, 11) is -2.74. The molecule has 10 heteroatoms. The number of rotatable bonds is 7. The largest absolute Gasteiger partial charge is 0.489 e. The first kappa shape index (κ1) is 27.5. The molecule has 9 nitrogen and oxygen atoms in total. The van der Waals surface area contributed by atoms with Crippen molar-refractivity contribution in [3.05, 3.63) is 60.2 Å². The molecule has 2 aromatic rings. The van der Waals surface area contributed by atoms with Crippen LogP contribution in [0, 0.1) is 5.41 Å². The third-order valence-electron chi connectivity index (χ3n) is 5.96. The van der Waals surface area contributed by atoms with Gasteiger partial charge in [-0.25, -0.2) is 17.9 Å². The van der Waals surface area contributed by atoms with Crippen LogP contribution in [0.3, 0.4) is 0 Å². The fourth-order valence-electron chi connectivity index (χ4n) is 4.01. The minimum atomic E-state index is -3.97. The molecule has 1 amide bonds. The topological polar surface area (TPSA) is 111 Å². The van der Waals surface area contributed by atoms with E-state index in [0.29, 0.717) is 12.4 Å². The molecular formula is C26H34N2O7S. The predicted octanol–water partition coefficient (Wildman–Crippen LogP) is 3.73. The zero-order valence-electron chi connectivity index (χ0n) is 21.3. The minimum Gasteiger partial charge on any atom is -0.489 e. The second-order valence-electron chi connectivity index (χ2n) is 10.0. The standard InChI is InChI=1S/C26H34N2O7S/c1-25(2,3)35-24(30)28-16-15-22(26(4,18-28)23(29)33-5)27-36(31,32)21-13-11-20(12-14-21)34-17-19-9-7-6-8-10-19/h6-14,22,27H,15-18H2,1-5H3. The number of hydrogen-bond donors (Lipinski definition) is 1. The van der Waals surface area contributed by atoms with Crippen LogP contribution in [0.4, 0.5) is 4.79 Å². The molecule has 1 fully saturated rings. The number of carbonyl (C=O) groups excluding carboxylic acids is 2. The van der Waals surface area contributed by atoms with Gasteiger partial charge in [0.25, 0.3) is 0 Å². The number of sulfonamides is 1. The first-order valence-corrected chi connectivity index (χ1v) is 13.2. The Morgan fingerprint density at radius 2 is 1.72 bits per heavy atom. The number of likely N-dealkylation sites (tertiary alicyclic amines) is 1. The number of amides is 1. The van der Waals surface area contributed by atoms with Crippen LogP contribution in [-0.4, -0.2) is 57.2 Å². The highest BCUT2D eigenvalue weighted by atomic mass is 32.2. The monoisotopic (exact) mass is 518 g/mol. The average Bonchev–Trinajstić information content (AvgIpc) is 2.83. The van der Waals surface area contributed by atoms with Crippen molar-refractivity contribution in [1.29, 1.82) is 0 Å². The van der Waals surface area contributed by atoms with Crippen LogP contribution in [0.1, 0.15) is 39.7 Å². The zero-order chi connectivity index (χ0) is 26.6. The highest BCUT2D eigenvalue weighted by molar-refractivity contribution is 7.89. The number of carbonyl (C=O) groups is 2. The van der Waals surface area contributed by atoms with Crippen molar-refractivity contribution in [3.8, 4) is 5.75 Å². The molecule has 1 saturated heterocycles. The van der Waals surface area contributed by atoms with E-state index in [-0.39, 0.29) is 24.4 Å². The lowest BCUT2D eigenvalue weighted by molar-refractivity contribution is -0.156. The lowest BCUT2D eigenvalue weighted by atomic mass is 9.78. The van der Waals surface area contributed by atoms with Crippen LogP contribution < -0.4 is 9.46 Å². The van der Waals surface area contributed by atoms with Crippen molar-refractivity contribution in [2.24, 2.45) is 5.41 Å². The van der Waals surface area contributed by atoms with Gasteiger partial charge in [0.15, 0.2) is 0 Å². The fourth-order valence-corrected chi connectivity index (χ4v) is 5.39. The van der Waals surface area contributed by atoms with E-state index < -0.39 is 39.1 Å². The number of ether oxygens (including phenoxy) is 3.